The Labute approximate surface area is 78.1 Å². The van der Waals surface area contributed by atoms with Gasteiger partial charge in [-0.15, -0.1) is 0 Å². The van der Waals surface area contributed by atoms with Crippen LogP contribution in [0.5, 0.6) is 0 Å². The van der Waals surface area contributed by atoms with Crippen molar-refractivity contribution in [2.45, 2.75) is 53.4 Å². The van der Waals surface area contributed by atoms with Crippen molar-refractivity contribution in [2.75, 3.05) is 0 Å². The first-order valence-corrected chi connectivity index (χ1v) is 5.33. The number of rotatable bonds is 6. The number of unbranched alkanes of at least 4 members (excludes halogenated alkanes) is 1. The molecule has 0 nitrogen and oxygen atoms in total. The third-order valence-corrected chi connectivity index (χ3v) is 2.26. The van der Waals surface area contributed by atoms with Gasteiger partial charge in [-0.3, -0.25) is 0 Å². The largest absolute Gasteiger partial charge is 0.0883 e. The summed E-state index contributed by atoms with van der Waals surface area (Å²) in [6.07, 6.45) is 9.94. The van der Waals surface area contributed by atoms with Crippen LogP contribution in [0.4, 0.5) is 0 Å². The highest BCUT2D eigenvalue weighted by Crippen LogP contribution is 2.08. The topological polar surface area (TPSA) is 0 Å². The Bertz CT molecular complexity index is 111. The molecule has 1 unspecified atom stereocenters. The van der Waals surface area contributed by atoms with Crippen LogP contribution in [0.1, 0.15) is 53.4 Å². The maximum absolute atomic E-state index is 2.35. The lowest BCUT2D eigenvalue weighted by Gasteiger charge is -2.02. The first-order chi connectivity index (χ1) is 5.66. The predicted molar refractivity (Wildman–Crippen MR) is 57.3 cm³/mol. The van der Waals surface area contributed by atoms with E-state index in [-0.39, 0.29) is 0 Å². The second-order valence-electron chi connectivity index (χ2n) is 4.14. The first kappa shape index (κ1) is 11.7. The van der Waals surface area contributed by atoms with Gasteiger partial charge in [-0.1, -0.05) is 52.7 Å². The Morgan fingerprint density at radius 3 is 2.33 bits per heavy atom. The summed E-state index contributed by atoms with van der Waals surface area (Å²) < 4.78 is 0. The van der Waals surface area contributed by atoms with Gasteiger partial charge in [0.15, 0.2) is 0 Å². The summed E-state index contributed by atoms with van der Waals surface area (Å²) in [5, 5.41) is 0. The van der Waals surface area contributed by atoms with E-state index in [0.717, 1.165) is 11.8 Å². The van der Waals surface area contributed by atoms with Gasteiger partial charge in [0.2, 0.25) is 0 Å². The van der Waals surface area contributed by atoms with Crippen LogP contribution in [-0.4, -0.2) is 0 Å². The minimum atomic E-state index is 0.768. The monoisotopic (exact) mass is 168 g/mol. The quantitative estimate of drug-likeness (QED) is 0.407. The fourth-order valence-electron chi connectivity index (χ4n) is 1.11. The van der Waals surface area contributed by atoms with Crippen LogP contribution in [0.25, 0.3) is 0 Å². The second kappa shape index (κ2) is 7.39. The maximum atomic E-state index is 2.35. The van der Waals surface area contributed by atoms with Crippen molar-refractivity contribution in [2.24, 2.45) is 11.8 Å². The lowest BCUT2D eigenvalue weighted by molar-refractivity contribution is 0.558. The van der Waals surface area contributed by atoms with E-state index >= 15 is 0 Å². The van der Waals surface area contributed by atoms with Gasteiger partial charge in [-0.2, -0.15) is 0 Å². The summed E-state index contributed by atoms with van der Waals surface area (Å²) in [4.78, 5) is 0. The standard InChI is InChI=1S/C12H24/c1-5-12(4)10-8-6-7-9-11(2)3/h8,10-12H,5-7,9H2,1-4H3. The molecule has 0 aromatic carbocycles. The zero-order valence-electron chi connectivity index (χ0n) is 9.14. The number of hydrogen-bond donors (Lipinski definition) is 0. The fourth-order valence-corrected chi connectivity index (χ4v) is 1.11. The first-order valence-electron chi connectivity index (χ1n) is 5.33. The average molecular weight is 168 g/mol. The van der Waals surface area contributed by atoms with E-state index < -0.39 is 0 Å². The SMILES string of the molecule is CCC(C)C=CCCCC(C)C. The van der Waals surface area contributed by atoms with Gasteiger partial charge in [0.05, 0.1) is 0 Å². The van der Waals surface area contributed by atoms with Gasteiger partial charge in [0, 0.05) is 0 Å². The third-order valence-electron chi connectivity index (χ3n) is 2.26. The third kappa shape index (κ3) is 7.84. The van der Waals surface area contributed by atoms with Crippen molar-refractivity contribution < 1.29 is 0 Å². The molecule has 0 saturated carbocycles. The molecule has 0 N–H and O–H groups in total. The van der Waals surface area contributed by atoms with Crippen molar-refractivity contribution in [1.29, 1.82) is 0 Å². The van der Waals surface area contributed by atoms with Gasteiger partial charge in [0.1, 0.15) is 0 Å². The van der Waals surface area contributed by atoms with Gasteiger partial charge in [-0.25, -0.2) is 0 Å². The van der Waals surface area contributed by atoms with Gasteiger partial charge in [-0.05, 0) is 24.7 Å². The molecule has 0 rings (SSSR count). The van der Waals surface area contributed by atoms with Crippen LogP contribution < -0.4 is 0 Å². The molecule has 72 valence electrons. The van der Waals surface area contributed by atoms with E-state index in [0.29, 0.717) is 0 Å². The molecule has 0 spiro atoms. The van der Waals surface area contributed by atoms with E-state index in [1.54, 1.807) is 0 Å². The molecule has 0 aromatic heterocycles. The molecule has 0 aliphatic carbocycles. The Balaban J connectivity index is 3.24. The molecule has 1 atom stereocenters. The van der Waals surface area contributed by atoms with Crippen molar-refractivity contribution in [3.63, 3.8) is 0 Å². The molecular formula is C12H24. The molecule has 0 heterocycles. The Morgan fingerprint density at radius 2 is 1.83 bits per heavy atom. The minimum Gasteiger partial charge on any atom is -0.0883 e. The van der Waals surface area contributed by atoms with E-state index in [9.17, 15) is 0 Å². The Morgan fingerprint density at radius 1 is 1.17 bits per heavy atom. The van der Waals surface area contributed by atoms with Crippen LogP contribution in [0.15, 0.2) is 12.2 Å². The number of hydrogen-bond acceptors (Lipinski definition) is 0. The predicted octanol–water partition coefficient (Wildman–Crippen LogP) is 4.42. The van der Waals surface area contributed by atoms with Crippen LogP contribution in [0.2, 0.25) is 0 Å². The summed E-state index contributed by atoms with van der Waals surface area (Å²) in [5.41, 5.74) is 0. The Kier molecular flexibility index (Phi) is 7.23. The molecule has 0 bridgehead atoms. The van der Waals surface area contributed by atoms with E-state index in [2.05, 4.69) is 39.8 Å². The summed E-state index contributed by atoms with van der Waals surface area (Å²) in [7, 11) is 0. The van der Waals surface area contributed by atoms with Gasteiger partial charge in [0.25, 0.3) is 0 Å². The van der Waals surface area contributed by atoms with Crippen LogP contribution in [0, 0.1) is 11.8 Å². The molecule has 0 aliphatic heterocycles. The molecule has 0 fully saturated rings. The van der Waals surface area contributed by atoms with Crippen molar-refractivity contribution >= 4 is 0 Å². The zero-order valence-corrected chi connectivity index (χ0v) is 9.14. The zero-order chi connectivity index (χ0) is 9.40. The summed E-state index contributed by atoms with van der Waals surface area (Å²) in [6.45, 7) is 9.10. The Hall–Kier alpha value is -0.260. The fraction of sp³-hybridized carbons (Fsp3) is 0.833. The van der Waals surface area contributed by atoms with Crippen LogP contribution in [0.3, 0.4) is 0 Å². The van der Waals surface area contributed by atoms with E-state index in [1.165, 1.54) is 25.7 Å². The molecular weight excluding hydrogens is 144 g/mol. The highest BCUT2D eigenvalue weighted by Gasteiger charge is 1.92. The van der Waals surface area contributed by atoms with E-state index in [4.69, 9.17) is 0 Å². The maximum Gasteiger partial charge on any atom is -0.0265 e. The smallest absolute Gasteiger partial charge is 0.0265 e. The lowest BCUT2D eigenvalue weighted by atomic mass is 10.0. The van der Waals surface area contributed by atoms with Crippen molar-refractivity contribution in [1.82, 2.24) is 0 Å². The molecule has 12 heavy (non-hydrogen) atoms. The summed E-state index contributed by atoms with van der Waals surface area (Å²) in [6, 6.07) is 0. The highest BCUT2D eigenvalue weighted by molar-refractivity contribution is 4.85. The highest BCUT2D eigenvalue weighted by atomic mass is 14.0. The lowest BCUT2D eigenvalue weighted by Crippen LogP contribution is -1.86. The average Bonchev–Trinajstić information content (AvgIpc) is 2.03. The van der Waals surface area contributed by atoms with Gasteiger partial charge < -0.3 is 0 Å². The molecule has 0 amide bonds. The number of allylic oxidation sites excluding steroid dienone is 2. The summed E-state index contributed by atoms with van der Waals surface area (Å²) in [5.74, 6) is 1.63. The molecule has 0 aliphatic rings. The van der Waals surface area contributed by atoms with Crippen molar-refractivity contribution in [3.05, 3.63) is 12.2 Å². The molecule has 0 saturated heterocycles. The van der Waals surface area contributed by atoms with Gasteiger partial charge >= 0.3 is 0 Å². The summed E-state index contributed by atoms with van der Waals surface area (Å²) >= 11 is 0. The minimum absolute atomic E-state index is 0.768. The molecule has 0 radical (unpaired) electrons. The van der Waals surface area contributed by atoms with Crippen LogP contribution in [-0.2, 0) is 0 Å². The van der Waals surface area contributed by atoms with Crippen molar-refractivity contribution in [3.8, 4) is 0 Å². The van der Waals surface area contributed by atoms with E-state index in [1.807, 2.05) is 0 Å². The van der Waals surface area contributed by atoms with Crippen LogP contribution >= 0.6 is 0 Å². The molecule has 0 aromatic rings. The molecule has 0 heteroatoms. The normalized spacial score (nSPS) is 14.4. The second-order valence-corrected chi connectivity index (χ2v) is 4.14.